The van der Waals surface area contributed by atoms with Crippen LogP contribution in [0.5, 0.6) is 0 Å². The molecule has 0 spiro atoms. The molecule has 7 nitrogen and oxygen atoms in total. The van der Waals surface area contributed by atoms with E-state index in [9.17, 15) is 9.59 Å². The number of carboxylic acid groups (broad SMARTS) is 1. The zero-order chi connectivity index (χ0) is 17.6. The molecule has 25 heavy (non-hydrogen) atoms. The Morgan fingerprint density at radius 3 is 2.64 bits per heavy atom. The third-order valence-corrected chi connectivity index (χ3v) is 4.75. The molecule has 3 rings (SSSR count). The van der Waals surface area contributed by atoms with Crippen molar-refractivity contribution in [3.63, 3.8) is 0 Å². The highest BCUT2D eigenvalue weighted by Crippen LogP contribution is 2.19. The minimum absolute atomic E-state index is 0.0615. The summed E-state index contributed by atoms with van der Waals surface area (Å²) in [7, 11) is 0. The molecule has 1 aromatic heterocycles. The zero-order valence-corrected chi connectivity index (χ0v) is 14.2. The van der Waals surface area contributed by atoms with E-state index in [2.05, 4.69) is 4.98 Å². The van der Waals surface area contributed by atoms with Gasteiger partial charge in [0.05, 0.1) is 24.4 Å². The SMILES string of the molecule is O=C(O)c1ccc(C(=O)N2CCC(OCC3CCCCO3)CC2)cn1. The summed E-state index contributed by atoms with van der Waals surface area (Å²) in [4.78, 5) is 28.9. The second-order valence-corrected chi connectivity index (χ2v) is 6.55. The zero-order valence-electron chi connectivity index (χ0n) is 14.2. The average molecular weight is 348 g/mol. The fourth-order valence-electron chi connectivity index (χ4n) is 3.24. The van der Waals surface area contributed by atoms with Gasteiger partial charge in [-0.2, -0.15) is 0 Å². The van der Waals surface area contributed by atoms with Crippen molar-refractivity contribution in [3.8, 4) is 0 Å². The highest BCUT2D eigenvalue weighted by Gasteiger charge is 2.25. The molecule has 0 aliphatic carbocycles. The van der Waals surface area contributed by atoms with Crippen molar-refractivity contribution in [2.75, 3.05) is 26.3 Å². The second kappa shape index (κ2) is 8.40. The second-order valence-electron chi connectivity index (χ2n) is 6.55. The van der Waals surface area contributed by atoms with Gasteiger partial charge in [-0.15, -0.1) is 0 Å². The van der Waals surface area contributed by atoms with E-state index in [1.165, 1.54) is 24.8 Å². The van der Waals surface area contributed by atoms with Crippen molar-refractivity contribution in [2.45, 2.75) is 44.3 Å². The molecule has 2 saturated heterocycles. The van der Waals surface area contributed by atoms with Crippen LogP contribution in [-0.4, -0.2) is 65.4 Å². The van der Waals surface area contributed by atoms with Crippen molar-refractivity contribution in [1.29, 1.82) is 0 Å². The van der Waals surface area contributed by atoms with Gasteiger partial charge in [0.25, 0.3) is 5.91 Å². The van der Waals surface area contributed by atoms with Gasteiger partial charge in [-0.25, -0.2) is 9.78 Å². The van der Waals surface area contributed by atoms with Gasteiger partial charge in [-0.3, -0.25) is 4.79 Å². The number of nitrogens with zero attached hydrogens (tertiary/aromatic N) is 2. The Morgan fingerprint density at radius 2 is 2.04 bits per heavy atom. The lowest BCUT2D eigenvalue weighted by molar-refractivity contribution is -0.0733. The molecule has 1 unspecified atom stereocenters. The van der Waals surface area contributed by atoms with Crippen LogP contribution < -0.4 is 0 Å². The fraction of sp³-hybridized carbons (Fsp3) is 0.611. The topological polar surface area (TPSA) is 89.0 Å². The van der Waals surface area contributed by atoms with Crippen LogP contribution >= 0.6 is 0 Å². The molecule has 1 N–H and O–H groups in total. The molecule has 3 heterocycles. The lowest BCUT2D eigenvalue weighted by Crippen LogP contribution is -2.41. The first kappa shape index (κ1) is 17.8. The standard InChI is InChI=1S/C18H24N2O5/c21-17(13-4-5-16(18(22)23)19-11-13)20-8-6-14(7-9-20)25-12-15-3-1-2-10-24-15/h4-5,11,14-15H,1-3,6-10,12H2,(H,22,23). The van der Waals surface area contributed by atoms with Gasteiger partial charge in [0.15, 0.2) is 0 Å². The molecule has 0 bridgehead atoms. The molecule has 2 aliphatic heterocycles. The predicted molar refractivity (Wildman–Crippen MR) is 89.7 cm³/mol. The molecule has 7 heteroatoms. The summed E-state index contributed by atoms with van der Waals surface area (Å²) in [6.07, 6.45) is 6.73. The fourth-order valence-corrected chi connectivity index (χ4v) is 3.24. The maximum atomic E-state index is 12.5. The maximum absolute atomic E-state index is 12.5. The number of carboxylic acids is 1. The Balaban J connectivity index is 1.44. The van der Waals surface area contributed by atoms with E-state index in [0.29, 0.717) is 25.3 Å². The smallest absolute Gasteiger partial charge is 0.354 e. The number of amides is 1. The number of hydrogen-bond acceptors (Lipinski definition) is 5. The Bertz CT molecular complexity index is 590. The van der Waals surface area contributed by atoms with Crippen LogP contribution in [0.4, 0.5) is 0 Å². The Labute approximate surface area is 146 Å². The van der Waals surface area contributed by atoms with E-state index in [1.807, 2.05) is 0 Å². The number of rotatable bonds is 5. The van der Waals surface area contributed by atoms with Gasteiger partial charge in [-0.05, 0) is 44.2 Å². The van der Waals surface area contributed by atoms with Crippen molar-refractivity contribution in [3.05, 3.63) is 29.6 Å². The minimum Gasteiger partial charge on any atom is -0.477 e. The minimum atomic E-state index is -1.10. The van der Waals surface area contributed by atoms with Crippen molar-refractivity contribution in [1.82, 2.24) is 9.88 Å². The van der Waals surface area contributed by atoms with Crippen molar-refractivity contribution in [2.24, 2.45) is 0 Å². The van der Waals surface area contributed by atoms with Gasteiger partial charge in [0, 0.05) is 25.9 Å². The van der Waals surface area contributed by atoms with Crippen LogP contribution in [0.2, 0.25) is 0 Å². The number of aromatic carboxylic acids is 1. The Morgan fingerprint density at radius 1 is 1.24 bits per heavy atom. The lowest BCUT2D eigenvalue weighted by atomic mass is 10.1. The van der Waals surface area contributed by atoms with Crippen molar-refractivity contribution >= 4 is 11.9 Å². The first-order valence-corrected chi connectivity index (χ1v) is 8.85. The molecule has 0 aromatic carbocycles. The van der Waals surface area contributed by atoms with Gasteiger partial charge < -0.3 is 19.5 Å². The number of aromatic nitrogens is 1. The summed E-state index contributed by atoms with van der Waals surface area (Å²) in [6, 6.07) is 2.87. The van der Waals surface area contributed by atoms with E-state index in [0.717, 1.165) is 32.3 Å². The number of carbonyl (C=O) groups is 2. The van der Waals surface area contributed by atoms with E-state index in [4.69, 9.17) is 14.6 Å². The molecule has 2 aliphatic rings. The summed E-state index contributed by atoms with van der Waals surface area (Å²) >= 11 is 0. The van der Waals surface area contributed by atoms with E-state index < -0.39 is 5.97 Å². The van der Waals surface area contributed by atoms with E-state index in [-0.39, 0.29) is 23.8 Å². The van der Waals surface area contributed by atoms with E-state index >= 15 is 0 Å². The van der Waals surface area contributed by atoms with Crippen molar-refractivity contribution < 1.29 is 24.2 Å². The summed E-state index contributed by atoms with van der Waals surface area (Å²) < 4.78 is 11.6. The summed E-state index contributed by atoms with van der Waals surface area (Å²) in [5.74, 6) is -1.21. The van der Waals surface area contributed by atoms with Gasteiger partial charge in [-0.1, -0.05) is 0 Å². The monoisotopic (exact) mass is 348 g/mol. The number of piperidine rings is 1. The molecule has 136 valence electrons. The first-order chi connectivity index (χ1) is 12.1. The molecule has 0 radical (unpaired) electrons. The highest BCUT2D eigenvalue weighted by atomic mass is 16.5. The average Bonchev–Trinajstić information content (AvgIpc) is 2.67. The van der Waals surface area contributed by atoms with Crippen LogP contribution in [0.15, 0.2) is 18.3 Å². The number of hydrogen-bond donors (Lipinski definition) is 1. The Hall–Kier alpha value is -1.99. The van der Waals surface area contributed by atoms with Crippen LogP contribution in [0.3, 0.4) is 0 Å². The molecular formula is C18H24N2O5. The van der Waals surface area contributed by atoms with Crippen LogP contribution in [0, 0.1) is 0 Å². The van der Waals surface area contributed by atoms with Crippen LogP contribution in [0.25, 0.3) is 0 Å². The molecule has 1 aromatic rings. The number of carbonyl (C=O) groups excluding carboxylic acids is 1. The number of ether oxygens (including phenoxy) is 2. The molecule has 2 fully saturated rings. The number of pyridine rings is 1. The lowest BCUT2D eigenvalue weighted by Gasteiger charge is -2.33. The summed E-state index contributed by atoms with van der Waals surface area (Å²) in [5.41, 5.74) is 0.355. The highest BCUT2D eigenvalue weighted by molar-refractivity contribution is 5.95. The maximum Gasteiger partial charge on any atom is 0.354 e. The van der Waals surface area contributed by atoms with Gasteiger partial charge in [0.2, 0.25) is 0 Å². The quantitative estimate of drug-likeness (QED) is 0.875. The summed E-state index contributed by atoms with van der Waals surface area (Å²) in [5, 5.41) is 8.86. The largest absolute Gasteiger partial charge is 0.477 e. The molecular weight excluding hydrogens is 324 g/mol. The predicted octanol–water partition coefficient (Wildman–Crippen LogP) is 1.97. The van der Waals surface area contributed by atoms with E-state index in [1.54, 1.807) is 4.90 Å². The third-order valence-electron chi connectivity index (χ3n) is 4.75. The molecule has 1 amide bonds. The molecule has 1 atom stereocenters. The van der Waals surface area contributed by atoms with Crippen LogP contribution in [-0.2, 0) is 9.47 Å². The van der Waals surface area contributed by atoms with Crippen LogP contribution in [0.1, 0.15) is 53.0 Å². The summed E-state index contributed by atoms with van der Waals surface area (Å²) in [6.45, 7) is 2.74. The Kier molecular flexibility index (Phi) is 5.99. The first-order valence-electron chi connectivity index (χ1n) is 8.85. The molecule has 0 saturated carbocycles. The van der Waals surface area contributed by atoms with Gasteiger partial charge in [0.1, 0.15) is 5.69 Å². The van der Waals surface area contributed by atoms with Gasteiger partial charge >= 0.3 is 5.97 Å². The normalized spacial score (nSPS) is 21.9. The third kappa shape index (κ3) is 4.76. The number of likely N-dealkylation sites (tertiary alicyclic amines) is 1.